The number of nitrogens with zero attached hydrogens (tertiary/aromatic N) is 1. The summed E-state index contributed by atoms with van der Waals surface area (Å²) in [7, 11) is 3.81. The molecule has 0 radical (unpaired) electrons. The molecule has 2 atom stereocenters. The molecule has 0 saturated heterocycles. The molecule has 1 rings (SSSR count). The minimum absolute atomic E-state index is 0.0274. The van der Waals surface area contributed by atoms with E-state index in [1.807, 2.05) is 25.9 Å². The third kappa shape index (κ3) is 3.53. The van der Waals surface area contributed by atoms with Gasteiger partial charge in [-0.2, -0.15) is 0 Å². The van der Waals surface area contributed by atoms with Gasteiger partial charge >= 0.3 is 5.97 Å². The predicted molar refractivity (Wildman–Crippen MR) is 69.0 cm³/mol. The summed E-state index contributed by atoms with van der Waals surface area (Å²) in [4.78, 5) is 12.8. The Morgan fingerprint density at radius 2 is 2.06 bits per heavy atom. The molecule has 0 fully saturated rings. The fourth-order valence-electron chi connectivity index (χ4n) is 2.37. The van der Waals surface area contributed by atoms with E-state index in [-0.39, 0.29) is 24.2 Å². The average Bonchev–Trinajstić information content (AvgIpc) is 2.21. The molecule has 0 aliphatic heterocycles. The van der Waals surface area contributed by atoms with Gasteiger partial charge in [0.2, 0.25) is 0 Å². The lowest BCUT2D eigenvalue weighted by atomic mass is 9.90. The van der Waals surface area contributed by atoms with Crippen LogP contribution in [0.4, 0.5) is 4.39 Å². The van der Waals surface area contributed by atoms with E-state index in [0.717, 1.165) is 5.56 Å². The Morgan fingerprint density at radius 1 is 1.44 bits per heavy atom. The van der Waals surface area contributed by atoms with Gasteiger partial charge in [0.15, 0.2) is 0 Å². The van der Waals surface area contributed by atoms with Crippen LogP contribution in [-0.4, -0.2) is 30.1 Å². The lowest BCUT2D eigenvalue weighted by Crippen LogP contribution is -2.27. The molecule has 1 N–H and O–H groups in total. The van der Waals surface area contributed by atoms with Gasteiger partial charge in [0, 0.05) is 12.5 Å². The second-order valence-electron chi connectivity index (χ2n) is 4.99. The van der Waals surface area contributed by atoms with E-state index >= 15 is 0 Å². The Kier molecular flexibility index (Phi) is 4.84. The molecule has 0 amide bonds. The molecule has 1 aromatic carbocycles. The number of benzene rings is 1. The number of carboxylic acid groups (broad SMARTS) is 1. The molecule has 0 aliphatic carbocycles. The van der Waals surface area contributed by atoms with Crippen LogP contribution in [0.2, 0.25) is 0 Å². The number of hydrogen-bond donors (Lipinski definition) is 1. The molecule has 3 nitrogen and oxygen atoms in total. The van der Waals surface area contributed by atoms with Gasteiger partial charge in [-0.1, -0.05) is 19.1 Å². The number of carbonyl (C=O) groups is 1. The Labute approximate surface area is 107 Å². The molecule has 2 unspecified atom stereocenters. The van der Waals surface area contributed by atoms with Gasteiger partial charge < -0.3 is 10.0 Å². The van der Waals surface area contributed by atoms with Crippen molar-refractivity contribution in [3.63, 3.8) is 0 Å². The van der Waals surface area contributed by atoms with Crippen LogP contribution in [0.3, 0.4) is 0 Å². The van der Waals surface area contributed by atoms with Crippen molar-refractivity contribution in [3.05, 3.63) is 35.1 Å². The molecule has 0 spiro atoms. The van der Waals surface area contributed by atoms with Crippen LogP contribution in [0.5, 0.6) is 0 Å². The number of aliphatic carboxylic acids is 1. The molecule has 0 bridgehead atoms. The first kappa shape index (κ1) is 14.6. The number of carboxylic acids is 1. The Bertz CT molecular complexity index is 432. The lowest BCUT2D eigenvalue weighted by molar-refractivity contribution is -0.138. The molecule has 4 heteroatoms. The molecular weight excluding hydrogens is 233 g/mol. The van der Waals surface area contributed by atoms with Gasteiger partial charge in [-0.15, -0.1) is 0 Å². The van der Waals surface area contributed by atoms with Crippen LogP contribution in [0.15, 0.2) is 18.2 Å². The predicted octanol–water partition coefficient (Wildman–Crippen LogP) is 2.85. The monoisotopic (exact) mass is 253 g/mol. The third-order valence-electron chi connectivity index (χ3n) is 3.12. The highest BCUT2D eigenvalue weighted by atomic mass is 19.1. The zero-order valence-corrected chi connectivity index (χ0v) is 11.3. The quantitative estimate of drug-likeness (QED) is 0.877. The molecule has 0 aliphatic rings. The van der Waals surface area contributed by atoms with Crippen molar-refractivity contribution in [1.82, 2.24) is 4.90 Å². The van der Waals surface area contributed by atoms with E-state index in [1.165, 1.54) is 6.07 Å². The van der Waals surface area contributed by atoms with Crippen LogP contribution in [0.25, 0.3) is 0 Å². The van der Waals surface area contributed by atoms with Gasteiger partial charge in [-0.05, 0) is 44.1 Å². The Morgan fingerprint density at radius 3 is 2.50 bits per heavy atom. The summed E-state index contributed by atoms with van der Waals surface area (Å²) in [5, 5.41) is 8.88. The normalized spacial score (nSPS) is 14.6. The first-order chi connectivity index (χ1) is 8.32. The van der Waals surface area contributed by atoms with Gasteiger partial charge in [0.1, 0.15) is 5.82 Å². The molecule has 0 saturated carbocycles. The smallest absolute Gasteiger partial charge is 0.303 e. The van der Waals surface area contributed by atoms with Crippen molar-refractivity contribution in [1.29, 1.82) is 0 Å². The highest BCUT2D eigenvalue weighted by Crippen LogP contribution is 2.29. The van der Waals surface area contributed by atoms with E-state index < -0.39 is 5.97 Å². The Balaban J connectivity index is 3.04. The largest absolute Gasteiger partial charge is 0.481 e. The van der Waals surface area contributed by atoms with Crippen LogP contribution >= 0.6 is 0 Å². The second-order valence-corrected chi connectivity index (χ2v) is 4.99. The summed E-state index contributed by atoms with van der Waals surface area (Å²) in [6.45, 7) is 3.62. The van der Waals surface area contributed by atoms with Gasteiger partial charge in [0.25, 0.3) is 0 Å². The molecule has 0 aromatic heterocycles. The SMILES string of the molecule is Cc1cc(C(C(C)CC(=O)O)N(C)C)ccc1F. The van der Waals surface area contributed by atoms with Crippen molar-refractivity contribution in [2.24, 2.45) is 5.92 Å². The minimum atomic E-state index is -0.812. The van der Waals surface area contributed by atoms with Crippen molar-refractivity contribution < 1.29 is 14.3 Å². The highest BCUT2D eigenvalue weighted by Gasteiger charge is 2.24. The minimum Gasteiger partial charge on any atom is -0.481 e. The fourth-order valence-corrected chi connectivity index (χ4v) is 2.37. The van der Waals surface area contributed by atoms with E-state index in [9.17, 15) is 9.18 Å². The summed E-state index contributed by atoms with van der Waals surface area (Å²) in [6, 6.07) is 4.93. The van der Waals surface area contributed by atoms with Crippen molar-refractivity contribution in [3.8, 4) is 0 Å². The maximum Gasteiger partial charge on any atom is 0.303 e. The maximum absolute atomic E-state index is 13.3. The lowest BCUT2D eigenvalue weighted by Gasteiger charge is -2.30. The number of rotatable bonds is 5. The van der Waals surface area contributed by atoms with Gasteiger partial charge in [-0.3, -0.25) is 4.79 Å². The average molecular weight is 253 g/mol. The zero-order valence-electron chi connectivity index (χ0n) is 11.3. The first-order valence-electron chi connectivity index (χ1n) is 5.97. The molecule has 18 heavy (non-hydrogen) atoms. The Hall–Kier alpha value is -1.42. The van der Waals surface area contributed by atoms with Gasteiger partial charge in [0.05, 0.1) is 0 Å². The molecule has 100 valence electrons. The summed E-state index contributed by atoms with van der Waals surface area (Å²) in [5.74, 6) is -1.09. The van der Waals surface area contributed by atoms with Crippen LogP contribution in [0, 0.1) is 18.7 Å². The number of hydrogen-bond acceptors (Lipinski definition) is 2. The van der Waals surface area contributed by atoms with Crippen molar-refractivity contribution >= 4 is 5.97 Å². The number of aryl methyl sites for hydroxylation is 1. The van der Waals surface area contributed by atoms with E-state index in [2.05, 4.69) is 0 Å². The summed E-state index contributed by atoms with van der Waals surface area (Å²) < 4.78 is 13.3. The van der Waals surface area contributed by atoms with E-state index in [4.69, 9.17) is 5.11 Å². The van der Waals surface area contributed by atoms with Crippen molar-refractivity contribution in [2.45, 2.75) is 26.3 Å². The standard InChI is InChI=1S/C14H20FNO2/c1-9-7-11(5-6-12(9)15)14(16(3)4)10(2)8-13(17)18/h5-7,10,14H,8H2,1-4H3,(H,17,18). The summed E-state index contributed by atoms with van der Waals surface area (Å²) in [6.07, 6.45) is 0.0965. The van der Waals surface area contributed by atoms with Gasteiger partial charge in [-0.25, -0.2) is 4.39 Å². The zero-order chi connectivity index (χ0) is 13.9. The second kappa shape index (κ2) is 5.96. The topological polar surface area (TPSA) is 40.5 Å². The molecule has 1 aromatic rings. The fraction of sp³-hybridized carbons (Fsp3) is 0.500. The van der Waals surface area contributed by atoms with E-state index in [1.54, 1.807) is 19.1 Å². The molecule has 0 heterocycles. The van der Waals surface area contributed by atoms with Crippen LogP contribution in [-0.2, 0) is 4.79 Å². The number of halogens is 1. The molecular formula is C14H20FNO2. The van der Waals surface area contributed by atoms with Crippen LogP contribution in [0.1, 0.15) is 30.5 Å². The highest BCUT2D eigenvalue weighted by molar-refractivity contribution is 5.67. The summed E-state index contributed by atoms with van der Waals surface area (Å²) >= 11 is 0. The third-order valence-corrected chi connectivity index (χ3v) is 3.12. The van der Waals surface area contributed by atoms with Crippen molar-refractivity contribution in [2.75, 3.05) is 14.1 Å². The summed E-state index contributed by atoms with van der Waals surface area (Å²) in [5.41, 5.74) is 1.54. The van der Waals surface area contributed by atoms with E-state index in [0.29, 0.717) is 5.56 Å². The van der Waals surface area contributed by atoms with Crippen LogP contribution < -0.4 is 0 Å². The first-order valence-corrected chi connectivity index (χ1v) is 5.97. The maximum atomic E-state index is 13.3.